The molecule has 0 atom stereocenters. The predicted octanol–water partition coefficient (Wildman–Crippen LogP) is 4.67. The molecule has 0 aliphatic rings. The Kier molecular flexibility index (Phi) is 14.1. The highest BCUT2D eigenvalue weighted by molar-refractivity contribution is 5.99. The Bertz CT molecular complexity index is 821. The molecule has 4 N–H and O–H groups in total. The van der Waals surface area contributed by atoms with Crippen molar-refractivity contribution in [2.75, 3.05) is 0 Å². The van der Waals surface area contributed by atoms with Crippen LogP contribution in [0.4, 0.5) is 0 Å². The lowest BCUT2D eigenvalue weighted by Crippen LogP contribution is -2.41. The topological polar surface area (TPSA) is 133 Å². The van der Waals surface area contributed by atoms with E-state index >= 15 is 0 Å². The lowest BCUT2D eigenvalue weighted by molar-refractivity contribution is -0.154. The Labute approximate surface area is 200 Å². The van der Waals surface area contributed by atoms with Crippen LogP contribution in [-0.4, -0.2) is 34.0 Å². The number of aliphatic carboxylic acids is 2. The maximum absolute atomic E-state index is 11.7. The average molecular weight is 471 g/mol. The molecule has 2 aromatic rings. The van der Waals surface area contributed by atoms with Gasteiger partial charge in [0.15, 0.2) is 5.92 Å². The van der Waals surface area contributed by atoms with E-state index in [4.69, 9.17) is 10.2 Å². The fourth-order valence-corrected chi connectivity index (χ4v) is 3.10. The summed E-state index contributed by atoms with van der Waals surface area (Å²) in [5.74, 6) is -4.37. The minimum absolute atomic E-state index is 0.248. The van der Waals surface area contributed by atoms with Crippen LogP contribution in [0, 0.1) is 5.92 Å². The summed E-state index contributed by atoms with van der Waals surface area (Å²) < 4.78 is 0. The molecule has 184 valence electrons. The van der Waals surface area contributed by atoms with Gasteiger partial charge in [-0.15, -0.1) is 0 Å². The third-order valence-corrected chi connectivity index (χ3v) is 5.05. The van der Waals surface area contributed by atoms with Gasteiger partial charge in [-0.25, -0.2) is 0 Å². The van der Waals surface area contributed by atoms with Crippen LogP contribution in [0.3, 0.4) is 0 Å². The standard InChI is InChI=1S/C14H12N2O2.C12H22O4/c17-13(11-7-3-1-4-8-11)15-16-14(18)12-9-5-2-6-10-12;1-2-3-4-5-6-7-8-9-10(11(13)14)12(15)16/h1-10H,(H,15,17)(H,16,18);10H,2-9H2,1H3,(H,13,14)(H,15,16). The van der Waals surface area contributed by atoms with Crippen LogP contribution < -0.4 is 10.9 Å². The number of carboxylic acid groups (broad SMARTS) is 2. The first-order valence-electron chi connectivity index (χ1n) is 11.5. The Hall–Kier alpha value is -3.68. The van der Waals surface area contributed by atoms with Crippen LogP contribution >= 0.6 is 0 Å². The first-order valence-corrected chi connectivity index (χ1v) is 11.5. The Balaban J connectivity index is 0.000000344. The SMILES string of the molecule is CCCCCCCCCC(C(=O)O)C(=O)O.O=C(NNC(=O)c1ccccc1)c1ccccc1. The zero-order valence-corrected chi connectivity index (χ0v) is 19.5. The molecule has 0 radical (unpaired) electrons. The van der Waals surface area contributed by atoms with Crippen molar-refractivity contribution in [1.29, 1.82) is 0 Å². The van der Waals surface area contributed by atoms with Crippen molar-refractivity contribution in [2.24, 2.45) is 5.92 Å². The molecule has 0 saturated carbocycles. The number of unbranched alkanes of at least 4 members (excludes halogenated alkanes) is 6. The molecule has 8 heteroatoms. The number of benzene rings is 2. The molecular formula is C26H34N2O6. The number of hydrogen-bond acceptors (Lipinski definition) is 4. The van der Waals surface area contributed by atoms with Crippen LogP contribution in [0.2, 0.25) is 0 Å². The van der Waals surface area contributed by atoms with Crippen LogP contribution in [0.25, 0.3) is 0 Å². The lowest BCUT2D eigenvalue weighted by atomic mass is 10.0. The van der Waals surface area contributed by atoms with Gasteiger partial charge in [0, 0.05) is 11.1 Å². The van der Waals surface area contributed by atoms with Crippen molar-refractivity contribution < 1.29 is 29.4 Å². The van der Waals surface area contributed by atoms with Crippen molar-refractivity contribution >= 4 is 23.8 Å². The maximum atomic E-state index is 11.7. The van der Waals surface area contributed by atoms with Gasteiger partial charge < -0.3 is 10.2 Å². The molecule has 0 heterocycles. The van der Waals surface area contributed by atoms with Crippen LogP contribution in [0.1, 0.15) is 79.0 Å². The van der Waals surface area contributed by atoms with Gasteiger partial charge in [0.05, 0.1) is 0 Å². The van der Waals surface area contributed by atoms with Gasteiger partial charge in [0.25, 0.3) is 11.8 Å². The van der Waals surface area contributed by atoms with Gasteiger partial charge in [-0.3, -0.25) is 30.0 Å². The summed E-state index contributed by atoms with van der Waals surface area (Å²) in [7, 11) is 0. The van der Waals surface area contributed by atoms with Gasteiger partial charge in [-0.05, 0) is 30.7 Å². The quantitative estimate of drug-likeness (QED) is 0.202. The normalized spacial score (nSPS) is 10.1. The maximum Gasteiger partial charge on any atom is 0.317 e. The smallest absolute Gasteiger partial charge is 0.317 e. The monoisotopic (exact) mass is 470 g/mol. The largest absolute Gasteiger partial charge is 0.481 e. The second-order valence-corrected chi connectivity index (χ2v) is 7.78. The number of nitrogens with one attached hydrogen (secondary N) is 2. The average Bonchev–Trinajstić information content (AvgIpc) is 2.85. The zero-order chi connectivity index (χ0) is 25.2. The number of hydrazine groups is 1. The zero-order valence-electron chi connectivity index (χ0n) is 19.5. The van der Waals surface area contributed by atoms with Crippen molar-refractivity contribution in [1.82, 2.24) is 10.9 Å². The number of rotatable bonds is 12. The number of carboxylic acids is 2. The number of carbonyl (C=O) groups excluding carboxylic acids is 2. The van der Waals surface area contributed by atoms with Crippen LogP contribution in [0.15, 0.2) is 60.7 Å². The molecule has 0 unspecified atom stereocenters. The van der Waals surface area contributed by atoms with E-state index in [1.165, 1.54) is 25.7 Å². The Morgan fingerprint density at radius 2 is 1.03 bits per heavy atom. The van der Waals surface area contributed by atoms with Crippen molar-refractivity contribution in [3.05, 3.63) is 71.8 Å². The van der Waals surface area contributed by atoms with E-state index in [1.54, 1.807) is 48.5 Å². The van der Waals surface area contributed by atoms with Gasteiger partial charge in [-0.2, -0.15) is 0 Å². The van der Waals surface area contributed by atoms with Crippen LogP contribution in [0.5, 0.6) is 0 Å². The number of carbonyl (C=O) groups is 4. The molecule has 2 amide bonds. The highest BCUT2D eigenvalue weighted by atomic mass is 16.4. The minimum Gasteiger partial charge on any atom is -0.481 e. The fraction of sp³-hybridized carbons (Fsp3) is 0.385. The molecule has 0 saturated heterocycles. The van der Waals surface area contributed by atoms with Crippen molar-refractivity contribution in [3.63, 3.8) is 0 Å². The molecule has 0 aromatic heterocycles. The molecule has 2 rings (SSSR count). The van der Waals surface area contributed by atoms with E-state index in [0.29, 0.717) is 17.5 Å². The molecule has 2 aromatic carbocycles. The second-order valence-electron chi connectivity index (χ2n) is 7.78. The van der Waals surface area contributed by atoms with Gasteiger partial charge in [0.2, 0.25) is 0 Å². The summed E-state index contributed by atoms with van der Waals surface area (Å²) in [6.07, 6.45) is 7.78. The molecule has 34 heavy (non-hydrogen) atoms. The second kappa shape index (κ2) is 16.9. The third-order valence-electron chi connectivity index (χ3n) is 5.05. The lowest BCUT2D eigenvalue weighted by Gasteiger charge is -2.07. The summed E-state index contributed by atoms with van der Waals surface area (Å²) in [6, 6.07) is 17.4. The van der Waals surface area contributed by atoms with E-state index < -0.39 is 17.9 Å². The van der Waals surface area contributed by atoms with Crippen LogP contribution in [-0.2, 0) is 9.59 Å². The van der Waals surface area contributed by atoms with E-state index in [9.17, 15) is 19.2 Å². The van der Waals surface area contributed by atoms with E-state index in [0.717, 1.165) is 12.8 Å². The van der Waals surface area contributed by atoms with Gasteiger partial charge in [0.1, 0.15) is 0 Å². The predicted molar refractivity (Wildman–Crippen MR) is 129 cm³/mol. The summed E-state index contributed by atoms with van der Waals surface area (Å²) in [4.78, 5) is 44.4. The van der Waals surface area contributed by atoms with Gasteiger partial charge >= 0.3 is 11.9 Å². The molecule has 0 fully saturated rings. The van der Waals surface area contributed by atoms with E-state index in [2.05, 4.69) is 17.8 Å². The van der Waals surface area contributed by atoms with Gasteiger partial charge in [-0.1, -0.05) is 88.3 Å². The number of amides is 2. The molecule has 0 bridgehead atoms. The highest BCUT2D eigenvalue weighted by Gasteiger charge is 2.24. The molecular weight excluding hydrogens is 436 g/mol. The molecule has 0 aliphatic heterocycles. The summed E-state index contributed by atoms with van der Waals surface area (Å²) in [5.41, 5.74) is 5.70. The summed E-state index contributed by atoms with van der Waals surface area (Å²) in [5, 5.41) is 17.3. The first-order chi connectivity index (χ1) is 16.4. The number of hydrogen-bond donors (Lipinski definition) is 4. The first kappa shape index (κ1) is 28.4. The van der Waals surface area contributed by atoms with Crippen molar-refractivity contribution in [3.8, 4) is 0 Å². The summed E-state index contributed by atoms with van der Waals surface area (Å²) >= 11 is 0. The van der Waals surface area contributed by atoms with E-state index in [-0.39, 0.29) is 18.2 Å². The molecule has 0 aliphatic carbocycles. The molecule has 8 nitrogen and oxygen atoms in total. The molecule has 0 spiro atoms. The fourth-order valence-electron chi connectivity index (χ4n) is 3.10. The van der Waals surface area contributed by atoms with Crippen molar-refractivity contribution in [2.45, 2.75) is 58.3 Å². The Morgan fingerprint density at radius 3 is 1.41 bits per heavy atom. The summed E-state index contributed by atoms with van der Waals surface area (Å²) in [6.45, 7) is 2.16. The minimum atomic E-state index is -1.23. The highest BCUT2D eigenvalue weighted by Crippen LogP contribution is 2.13. The third kappa shape index (κ3) is 11.8. The van der Waals surface area contributed by atoms with E-state index in [1.807, 2.05) is 12.1 Å². The Morgan fingerprint density at radius 1 is 0.647 bits per heavy atom.